The molecule has 1 N–H and O–H groups in total. The van der Waals surface area contributed by atoms with Gasteiger partial charge in [0.15, 0.2) is 0 Å². The molecular weight excluding hydrogens is 369 g/mol. The molecule has 26 heavy (non-hydrogen) atoms. The maximum absolute atomic E-state index is 6.23. The minimum absolute atomic E-state index is 0. The van der Waals surface area contributed by atoms with E-state index in [4.69, 9.17) is 20.8 Å². The predicted molar refractivity (Wildman–Crippen MR) is 112 cm³/mol. The van der Waals surface area contributed by atoms with Gasteiger partial charge in [-0.2, -0.15) is 0 Å². The summed E-state index contributed by atoms with van der Waals surface area (Å²) in [7, 11) is 1.67. The Morgan fingerprint density at radius 3 is 2.38 bits per heavy atom. The van der Waals surface area contributed by atoms with Crippen LogP contribution in [0.5, 0.6) is 5.75 Å². The molecule has 3 aromatic rings. The van der Waals surface area contributed by atoms with E-state index in [0.29, 0.717) is 17.6 Å². The Kier molecular flexibility index (Phi) is 7.39. The molecule has 5 heteroatoms. The van der Waals surface area contributed by atoms with Gasteiger partial charge in [-0.1, -0.05) is 37.6 Å². The summed E-state index contributed by atoms with van der Waals surface area (Å²) in [5.41, 5.74) is 3.05. The van der Waals surface area contributed by atoms with Gasteiger partial charge in [0.05, 0.1) is 13.7 Å². The molecule has 2 aromatic carbocycles. The smallest absolute Gasteiger partial charge is 0.135 e. The molecule has 0 unspecified atom stereocenters. The van der Waals surface area contributed by atoms with Crippen LogP contribution in [0, 0.1) is 0 Å². The Bertz CT molecular complexity index is 839. The lowest BCUT2D eigenvalue weighted by atomic mass is 10.0. The molecule has 0 saturated carbocycles. The van der Waals surface area contributed by atoms with E-state index in [2.05, 4.69) is 31.3 Å². The monoisotopic (exact) mass is 393 g/mol. The van der Waals surface area contributed by atoms with Gasteiger partial charge in [-0.15, -0.1) is 12.4 Å². The fourth-order valence-corrected chi connectivity index (χ4v) is 3.31. The number of hydrogen-bond acceptors (Lipinski definition) is 3. The number of furan rings is 1. The zero-order chi connectivity index (χ0) is 17.8. The number of benzene rings is 2. The Morgan fingerprint density at radius 2 is 1.77 bits per heavy atom. The number of nitrogens with one attached hydrogen (secondary N) is 1. The van der Waals surface area contributed by atoms with Gasteiger partial charge in [0.2, 0.25) is 0 Å². The van der Waals surface area contributed by atoms with Gasteiger partial charge in [-0.25, -0.2) is 0 Å². The summed E-state index contributed by atoms with van der Waals surface area (Å²) in [6, 6.07) is 14.3. The van der Waals surface area contributed by atoms with Gasteiger partial charge in [-0.05, 0) is 48.7 Å². The SMILES string of the molecule is CCC(CC)NCc1oc2ccc(Cl)cc2c1-c1ccc(OC)cc1.Cl. The van der Waals surface area contributed by atoms with Crippen LogP contribution in [-0.4, -0.2) is 13.2 Å². The standard InChI is InChI=1S/C21H24ClNO2.ClH/c1-4-16(5-2)23-13-20-21(14-6-9-17(24-3)10-7-14)18-12-15(22)8-11-19(18)25-20;/h6-12,16,23H,4-5,13H2,1-3H3;1H. The first kappa shape index (κ1) is 20.6. The van der Waals surface area contributed by atoms with Crippen molar-refractivity contribution in [2.24, 2.45) is 0 Å². The molecule has 1 heterocycles. The molecule has 3 nitrogen and oxygen atoms in total. The Balaban J connectivity index is 0.00000243. The van der Waals surface area contributed by atoms with Crippen LogP contribution in [-0.2, 0) is 6.54 Å². The van der Waals surface area contributed by atoms with Crippen LogP contribution in [0.3, 0.4) is 0 Å². The average molecular weight is 394 g/mol. The van der Waals surface area contributed by atoms with Crippen molar-refractivity contribution in [3.8, 4) is 16.9 Å². The van der Waals surface area contributed by atoms with E-state index in [0.717, 1.165) is 46.4 Å². The fourth-order valence-electron chi connectivity index (χ4n) is 3.13. The lowest BCUT2D eigenvalue weighted by Gasteiger charge is -2.14. The van der Waals surface area contributed by atoms with Crippen LogP contribution < -0.4 is 10.1 Å². The van der Waals surface area contributed by atoms with Gasteiger partial charge in [0.25, 0.3) is 0 Å². The molecule has 1 aromatic heterocycles. The maximum atomic E-state index is 6.23. The first-order chi connectivity index (χ1) is 12.2. The van der Waals surface area contributed by atoms with E-state index in [9.17, 15) is 0 Å². The molecule has 0 aliphatic carbocycles. The van der Waals surface area contributed by atoms with Gasteiger partial charge >= 0.3 is 0 Å². The average Bonchev–Trinajstić information content (AvgIpc) is 3.00. The number of hydrogen-bond donors (Lipinski definition) is 1. The van der Waals surface area contributed by atoms with Crippen LogP contribution >= 0.6 is 24.0 Å². The molecule has 140 valence electrons. The summed E-state index contributed by atoms with van der Waals surface area (Å²) in [5.74, 6) is 1.78. The Labute approximate surface area is 166 Å². The second-order valence-corrected chi connectivity index (χ2v) is 6.60. The van der Waals surface area contributed by atoms with E-state index in [1.807, 2.05) is 30.3 Å². The lowest BCUT2D eigenvalue weighted by molar-refractivity contribution is 0.415. The van der Waals surface area contributed by atoms with Crippen molar-refractivity contribution in [2.45, 2.75) is 39.3 Å². The zero-order valence-corrected chi connectivity index (χ0v) is 16.9. The van der Waals surface area contributed by atoms with Crippen LogP contribution in [0.2, 0.25) is 5.02 Å². The van der Waals surface area contributed by atoms with Crippen molar-refractivity contribution in [3.05, 3.63) is 53.2 Å². The summed E-state index contributed by atoms with van der Waals surface area (Å²) in [5, 5.41) is 5.34. The van der Waals surface area contributed by atoms with Gasteiger partial charge < -0.3 is 14.5 Å². The summed E-state index contributed by atoms with van der Waals surface area (Å²) in [4.78, 5) is 0. The molecule has 0 atom stereocenters. The molecule has 0 radical (unpaired) electrons. The fraction of sp³-hybridized carbons (Fsp3) is 0.333. The second kappa shape index (κ2) is 9.31. The van der Waals surface area contributed by atoms with E-state index in [1.165, 1.54) is 0 Å². The highest BCUT2D eigenvalue weighted by atomic mass is 35.5. The minimum Gasteiger partial charge on any atom is -0.497 e. The highest BCUT2D eigenvalue weighted by Gasteiger charge is 2.17. The van der Waals surface area contributed by atoms with Crippen LogP contribution in [0.15, 0.2) is 46.9 Å². The Hall–Kier alpha value is -1.68. The van der Waals surface area contributed by atoms with Gasteiger partial charge in [-0.3, -0.25) is 0 Å². The van der Waals surface area contributed by atoms with Crippen LogP contribution in [0.25, 0.3) is 22.1 Å². The predicted octanol–water partition coefficient (Wildman–Crippen LogP) is 6.46. The van der Waals surface area contributed by atoms with Crippen molar-refractivity contribution in [2.75, 3.05) is 7.11 Å². The van der Waals surface area contributed by atoms with Crippen LogP contribution in [0.1, 0.15) is 32.4 Å². The summed E-state index contributed by atoms with van der Waals surface area (Å²) >= 11 is 6.23. The molecule has 3 rings (SSSR count). The zero-order valence-electron chi connectivity index (χ0n) is 15.3. The van der Waals surface area contributed by atoms with E-state index in [-0.39, 0.29) is 12.4 Å². The number of ether oxygens (including phenoxy) is 1. The quantitative estimate of drug-likeness (QED) is 0.499. The molecule has 0 aliphatic rings. The number of halogens is 2. The molecule has 0 aliphatic heterocycles. The third-order valence-electron chi connectivity index (χ3n) is 4.64. The lowest BCUT2D eigenvalue weighted by Crippen LogP contribution is -2.26. The topological polar surface area (TPSA) is 34.4 Å². The summed E-state index contributed by atoms with van der Waals surface area (Å²) in [6.07, 6.45) is 2.20. The van der Waals surface area contributed by atoms with Crippen molar-refractivity contribution in [1.29, 1.82) is 0 Å². The van der Waals surface area contributed by atoms with E-state index in [1.54, 1.807) is 7.11 Å². The minimum atomic E-state index is 0. The normalized spacial score (nSPS) is 11.0. The molecule has 0 spiro atoms. The summed E-state index contributed by atoms with van der Waals surface area (Å²) in [6.45, 7) is 5.09. The van der Waals surface area contributed by atoms with Crippen molar-refractivity contribution < 1.29 is 9.15 Å². The maximum Gasteiger partial charge on any atom is 0.135 e. The first-order valence-electron chi connectivity index (χ1n) is 8.75. The largest absolute Gasteiger partial charge is 0.497 e. The second-order valence-electron chi connectivity index (χ2n) is 6.16. The number of fused-ring (bicyclic) bond motifs is 1. The molecule has 0 bridgehead atoms. The van der Waals surface area contributed by atoms with Crippen molar-refractivity contribution in [1.82, 2.24) is 5.32 Å². The number of rotatable bonds is 7. The van der Waals surface area contributed by atoms with Crippen molar-refractivity contribution >= 4 is 35.0 Å². The van der Waals surface area contributed by atoms with Crippen LogP contribution in [0.4, 0.5) is 0 Å². The van der Waals surface area contributed by atoms with Gasteiger partial charge in [0.1, 0.15) is 17.1 Å². The third kappa shape index (κ3) is 4.35. The molecule has 0 fully saturated rings. The third-order valence-corrected chi connectivity index (χ3v) is 4.87. The molecule has 0 amide bonds. The Morgan fingerprint density at radius 1 is 1.08 bits per heavy atom. The molecule has 0 saturated heterocycles. The molecular formula is C21H25Cl2NO2. The van der Waals surface area contributed by atoms with E-state index >= 15 is 0 Å². The first-order valence-corrected chi connectivity index (χ1v) is 9.12. The van der Waals surface area contributed by atoms with E-state index < -0.39 is 0 Å². The van der Waals surface area contributed by atoms with Crippen molar-refractivity contribution in [3.63, 3.8) is 0 Å². The summed E-state index contributed by atoms with van der Waals surface area (Å²) < 4.78 is 11.4. The highest BCUT2D eigenvalue weighted by molar-refractivity contribution is 6.31. The number of methoxy groups -OCH3 is 1. The highest BCUT2D eigenvalue weighted by Crippen LogP contribution is 2.37. The van der Waals surface area contributed by atoms with Gasteiger partial charge in [0, 0.05) is 22.0 Å².